The maximum atomic E-state index is 11.2. The minimum Gasteiger partial charge on any atom is -0.476 e. The number of primary amides is 1. The van der Waals surface area contributed by atoms with Gasteiger partial charge in [-0.2, -0.15) is 0 Å². The van der Waals surface area contributed by atoms with E-state index in [9.17, 15) is 9.59 Å². The zero-order valence-electron chi connectivity index (χ0n) is 9.04. The predicted molar refractivity (Wildman–Crippen MR) is 58.6 cm³/mol. The van der Waals surface area contributed by atoms with E-state index in [0.29, 0.717) is 18.8 Å². The van der Waals surface area contributed by atoms with Crippen LogP contribution in [0.25, 0.3) is 0 Å². The molecular weight excluding hydrogens is 224 g/mol. The van der Waals surface area contributed by atoms with Crippen LogP contribution in [0.4, 0.5) is 5.82 Å². The Morgan fingerprint density at radius 3 is 2.71 bits per heavy atom. The van der Waals surface area contributed by atoms with Gasteiger partial charge in [0.15, 0.2) is 5.69 Å². The van der Waals surface area contributed by atoms with E-state index in [-0.39, 0.29) is 11.7 Å². The molecule has 1 fully saturated rings. The van der Waals surface area contributed by atoms with Crippen LogP contribution >= 0.6 is 0 Å². The van der Waals surface area contributed by atoms with Crippen LogP contribution in [-0.2, 0) is 4.79 Å². The number of nitrogens with zero attached hydrogens (tertiary/aromatic N) is 3. The van der Waals surface area contributed by atoms with Crippen molar-refractivity contribution in [2.24, 2.45) is 5.73 Å². The number of rotatable bonds is 3. The highest BCUT2D eigenvalue weighted by atomic mass is 16.4. The summed E-state index contributed by atoms with van der Waals surface area (Å²) in [5.74, 6) is -1.04. The Morgan fingerprint density at radius 2 is 2.18 bits per heavy atom. The third-order valence-electron chi connectivity index (χ3n) is 2.73. The standard InChI is InChI=1S/C10H12N4O3/c11-9(15)7-2-1-3-14(7)8-5-12-6(4-13-8)10(16)17/h4-5,7H,1-3H2,(H2,11,15)(H,16,17). The fourth-order valence-corrected chi connectivity index (χ4v) is 1.92. The van der Waals surface area contributed by atoms with E-state index in [2.05, 4.69) is 9.97 Å². The van der Waals surface area contributed by atoms with Gasteiger partial charge in [-0.15, -0.1) is 0 Å². The molecule has 0 radical (unpaired) electrons. The zero-order chi connectivity index (χ0) is 12.4. The monoisotopic (exact) mass is 236 g/mol. The summed E-state index contributed by atoms with van der Waals surface area (Å²) in [6.45, 7) is 0.675. The Balaban J connectivity index is 2.22. The number of carboxylic acid groups (broad SMARTS) is 1. The Morgan fingerprint density at radius 1 is 1.41 bits per heavy atom. The van der Waals surface area contributed by atoms with E-state index < -0.39 is 11.9 Å². The van der Waals surface area contributed by atoms with Crippen molar-refractivity contribution in [2.45, 2.75) is 18.9 Å². The number of carbonyl (C=O) groups is 2. The average Bonchev–Trinajstić information content (AvgIpc) is 2.78. The molecule has 0 aliphatic carbocycles. The maximum absolute atomic E-state index is 11.2. The van der Waals surface area contributed by atoms with E-state index in [4.69, 9.17) is 10.8 Å². The summed E-state index contributed by atoms with van der Waals surface area (Å²) in [5, 5.41) is 8.69. The van der Waals surface area contributed by atoms with Crippen molar-refractivity contribution < 1.29 is 14.7 Å². The quantitative estimate of drug-likeness (QED) is 0.740. The lowest BCUT2D eigenvalue weighted by molar-refractivity contribution is -0.119. The molecular formula is C10H12N4O3. The fraction of sp³-hybridized carbons (Fsp3) is 0.400. The molecule has 2 heterocycles. The molecule has 1 aromatic heterocycles. The number of nitrogens with two attached hydrogens (primary N) is 1. The fourth-order valence-electron chi connectivity index (χ4n) is 1.92. The molecule has 17 heavy (non-hydrogen) atoms. The van der Waals surface area contributed by atoms with Gasteiger partial charge in [-0.25, -0.2) is 14.8 Å². The molecule has 7 nitrogen and oxygen atoms in total. The van der Waals surface area contributed by atoms with E-state index in [1.54, 1.807) is 4.90 Å². The van der Waals surface area contributed by atoms with Crippen molar-refractivity contribution in [2.75, 3.05) is 11.4 Å². The first kappa shape index (κ1) is 11.3. The number of hydrogen-bond donors (Lipinski definition) is 2. The largest absolute Gasteiger partial charge is 0.476 e. The van der Waals surface area contributed by atoms with Crippen LogP contribution in [0, 0.1) is 0 Å². The minimum atomic E-state index is -1.13. The first-order chi connectivity index (χ1) is 8.09. The number of amides is 1. The molecule has 0 aromatic carbocycles. The summed E-state index contributed by atoms with van der Waals surface area (Å²) in [4.78, 5) is 31.3. The van der Waals surface area contributed by atoms with E-state index in [1.165, 1.54) is 12.4 Å². The van der Waals surface area contributed by atoms with Crippen LogP contribution in [0.2, 0.25) is 0 Å². The molecule has 1 aliphatic heterocycles. The number of aromatic nitrogens is 2. The Labute approximate surface area is 97.3 Å². The topological polar surface area (TPSA) is 109 Å². The van der Waals surface area contributed by atoms with Crippen molar-refractivity contribution in [3.8, 4) is 0 Å². The summed E-state index contributed by atoms with van der Waals surface area (Å²) >= 11 is 0. The minimum absolute atomic E-state index is 0.122. The summed E-state index contributed by atoms with van der Waals surface area (Å²) in [6.07, 6.45) is 4.08. The third kappa shape index (κ3) is 2.17. The van der Waals surface area contributed by atoms with Gasteiger partial charge >= 0.3 is 5.97 Å². The second kappa shape index (κ2) is 4.36. The lowest BCUT2D eigenvalue weighted by Gasteiger charge is -2.22. The van der Waals surface area contributed by atoms with Gasteiger partial charge in [0.2, 0.25) is 5.91 Å². The molecule has 0 spiro atoms. The van der Waals surface area contributed by atoms with Crippen LogP contribution in [0.15, 0.2) is 12.4 Å². The maximum Gasteiger partial charge on any atom is 0.356 e. The molecule has 1 saturated heterocycles. The Kier molecular flexibility index (Phi) is 2.90. The van der Waals surface area contributed by atoms with Crippen molar-refractivity contribution in [3.05, 3.63) is 18.1 Å². The van der Waals surface area contributed by atoms with E-state index in [0.717, 1.165) is 6.42 Å². The van der Waals surface area contributed by atoms with E-state index in [1.807, 2.05) is 0 Å². The zero-order valence-corrected chi connectivity index (χ0v) is 9.04. The van der Waals surface area contributed by atoms with Gasteiger partial charge in [0, 0.05) is 6.54 Å². The number of aromatic carboxylic acids is 1. The van der Waals surface area contributed by atoms with Crippen LogP contribution in [-0.4, -0.2) is 39.5 Å². The molecule has 1 amide bonds. The number of carbonyl (C=O) groups excluding carboxylic acids is 1. The van der Waals surface area contributed by atoms with Gasteiger partial charge < -0.3 is 15.7 Å². The van der Waals surface area contributed by atoms with Crippen molar-refractivity contribution in [3.63, 3.8) is 0 Å². The number of hydrogen-bond acceptors (Lipinski definition) is 5. The highest BCUT2D eigenvalue weighted by Gasteiger charge is 2.30. The van der Waals surface area contributed by atoms with Crippen molar-refractivity contribution in [1.82, 2.24) is 9.97 Å². The molecule has 0 saturated carbocycles. The molecule has 1 atom stereocenters. The average molecular weight is 236 g/mol. The van der Waals surface area contributed by atoms with Crippen molar-refractivity contribution >= 4 is 17.7 Å². The van der Waals surface area contributed by atoms with Gasteiger partial charge in [0.1, 0.15) is 11.9 Å². The van der Waals surface area contributed by atoms with Gasteiger partial charge in [-0.3, -0.25) is 4.79 Å². The summed E-state index contributed by atoms with van der Waals surface area (Å²) in [6, 6.07) is -0.375. The summed E-state index contributed by atoms with van der Waals surface area (Å²) < 4.78 is 0. The molecule has 1 aliphatic rings. The summed E-state index contributed by atoms with van der Waals surface area (Å²) in [7, 11) is 0. The van der Waals surface area contributed by atoms with Crippen LogP contribution in [0.1, 0.15) is 23.3 Å². The molecule has 1 unspecified atom stereocenters. The van der Waals surface area contributed by atoms with Crippen LogP contribution < -0.4 is 10.6 Å². The van der Waals surface area contributed by atoms with Gasteiger partial charge in [0.25, 0.3) is 0 Å². The van der Waals surface area contributed by atoms with Crippen LogP contribution in [0.3, 0.4) is 0 Å². The molecule has 3 N–H and O–H groups in total. The highest BCUT2D eigenvalue weighted by molar-refractivity contribution is 5.85. The SMILES string of the molecule is NC(=O)C1CCCN1c1cnc(C(=O)O)cn1. The second-order valence-electron chi connectivity index (χ2n) is 3.82. The number of anilines is 1. The van der Waals surface area contributed by atoms with Crippen LogP contribution in [0.5, 0.6) is 0 Å². The molecule has 90 valence electrons. The highest BCUT2D eigenvalue weighted by Crippen LogP contribution is 2.22. The molecule has 7 heteroatoms. The lowest BCUT2D eigenvalue weighted by Crippen LogP contribution is -2.40. The molecule has 1 aromatic rings. The first-order valence-electron chi connectivity index (χ1n) is 5.21. The predicted octanol–water partition coefficient (Wildman–Crippen LogP) is -0.371. The van der Waals surface area contributed by atoms with Gasteiger partial charge in [-0.05, 0) is 12.8 Å². The Hall–Kier alpha value is -2.18. The summed E-state index contributed by atoms with van der Waals surface area (Å²) in [5.41, 5.74) is 5.16. The lowest BCUT2D eigenvalue weighted by atomic mass is 10.2. The third-order valence-corrected chi connectivity index (χ3v) is 2.73. The van der Waals surface area contributed by atoms with Crippen molar-refractivity contribution in [1.29, 1.82) is 0 Å². The second-order valence-corrected chi connectivity index (χ2v) is 3.82. The number of carboxylic acids is 1. The molecule has 2 rings (SSSR count). The smallest absolute Gasteiger partial charge is 0.356 e. The molecule has 0 bridgehead atoms. The van der Waals surface area contributed by atoms with Gasteiger partial charge in [0.05, 0.1) is 12.4 Å². The van der Waals surface area contributed by atoms with Gasteiger partial charge in [-0.1, -0.05) is 0 Å². The van der Waals surface area contributed by atoms with E-state index >= 15 is 0 Å². The normalized spacial score (nSPS) is 19.3. The first-order valence-corrected chi connectivity index (χ1v) is 5.21. The Bertz CT molecular complexity index is 445.